The number of benzene rings is 1. The van der Waals surface area contributed by atoms with Crippen LogP contribution in [0, 0.1) is 0 Å². The number of likely N-dealkylation sites (N-methyl/N-ethyl adjacent to an activating group) is 1. The topological polar surface area (TPSA) is 113 Å². The molecule has 1 aromatic carbocycles. The molecule has 162 valence electrons. The average Bonchev–Trinajstić information content (AvgIpc) is 2.83. The van der Waals surface area contributed by atoms with Crippen LogP contribution < -0.4 is 5.32 Å². The van der Waals surface area contributed by atoms with E-state index in [1.54, 1.807) is 20.8 Å². The molecule has 1 aromatic rings. The molecule has 4 amide bonds. The zero-order valence-electron chi connectivity index (χ0n) is 16.9. The van der Waals surface area contributed by atoms with E-state index in [4.69, 9.17) is 27.9 Å². The molecule has 0 radical (unpaired) electrons. The smallest absolute Gasteiger partial charge is 0.326 e. The van der Waals surface area contributed by atoms with Crippen LogP contribution in [0.5, 0.6) is 0 Å². The van der Waals surface area contributed by atoms with Crippen molar-refractivity contribution in [1.29, 1.82) is 0 Å². The third-order valence-electron chi connectivity index (χ3n) is 3.98. The van der Waals surface area contributed by atoms with Gasteiger partial charge in [0.05, 0.1) is 27.7 Å². The zero-order valence-corrected chi connectivity index (χ0v) is 18.4. The van der Waals surface area contributed by atoms with Crippen LogP contribution in [0.25, 0.3) is 0 Å². The van der Waals surface area contributed by atoms with Crippen molar-refractivity contribution in [3.05, 3.63) is 33.3 Å². The second-order valence-corrected chi connectivity index (χ2v) is 8.53. The van der Waals surface area contributed by atoms with Crippen molar-refractivity contribution in [2.45, 2.75) is 26.3 Å². The molecule has 9 nitrogen and oxygen atoms in total. The van der Waals surface area contributed by atoms with Gasteiger partial charge in [0, 0.05) is 12.6 Å². The van der Waals surface area contributed by atoms with E-state index in [0.29, 0.717) is 4.90 Å². The van der Waals surface area contributed by atoms with Crippen molar-refractivity contribution in [1.82, 2.24) is 15.1 Å². The second-order valence-electron chi connectivity index (χ2n) is 7.72. The molecular formula is C19H21Cl2N3O6. The summed E-state index contributed by atoms with van der Waals surface area (Å²) in [6, 6.07) is 2.51. The Kier molecular flexibility index (Phi) is 7.10. The van der Waals surface area contributed by atoms with Gasteiger partial charge in [0.15, 0.2) is 6.61 Å². The monoisotopic (exact) mass is 457 g/mol. The highest BCUT2D eigenvalue weighted by molar-refractivity contribution is 6.43. The van der Waals surface area contributed by atoms with E-state index in [1.807, 2.05) is 0 Å². The fourth-order valence-electron chi connectivity index (χ4n) is 2.62. The van der Waals surface area contributed by atoms with Gasteiger partial charge >= 0.3 is 5.97 Å². The Morgan fingerprint density at radius 3 is 2.03 bits per heavy atom. The first kappa shape index (κ1) is 23.6. The fourth-order valence-corrected chi connectivity index (χ4v) is 2.94. The largest absolute Gasteiger partial charge is 0.454 e. The first-order chi connectivity index (χ1) is 13.8. The van der Waals surface area contributed by atoms with Crippen LogP contribution in [0.3, 0.4) is 0 Å². The van der Waals surface area contributed by atoms with Gasteiger partial charge in [-0.1, -0.05) is 23.2 Å². The van der Waals surface area contributed by atoms with Gasteiger partial charge in [0.1, 0.15) is 6.54 Å². The number of nitrogens with zero attached hydrogens (tertiary/aromatic N) is 2. The maximum Gasteiger partial charge on any atom is 0.326 e. The van der Waals surface area contributed by atoms with E-state index in [0.717, 1.165) is 4.90 Å². The summed E-state index contributed by atoms with van der Waals surface area (Å²) in [5, 5.41) is 2.91. The Hall–Kier alpha value is -2.65. The molecule has 30 heavy (non-hydrogen) atoms. The standard InChI is InChI=1S/C19H21Cl2N3O6/c1-19(2,3)22-14(25)7-23(4)15(26)9-30-16(27)8-24-17(28)10-5-12(20)13(21)6-11(10)18(24)29/h5-6H,7-9H2,1-4H3,(H,22,25). The predicted molar refractivity (Wildman–Crippen MR) is 108 cm³/mol. The van der Waals surface area contributed by atoms with E-state index >= 15 is 0 Å². The molecule has 1 N–H and O–H groups in total. The number of imide groups is 1. The summed E-state index contributed by atoms with van der Waals surface area (Å²) in [6.45, 7) is 3.87. The van der Waals surface area contributed by atoms with E-state index < -0.39 is 42.4 Å². The summed E-state index contributed by atoms with van der Waals surface area (Å²) in [4.78, 5) is 62.5. The van der Waals surface area contributed by atoms with Crippen molar-refractivity contribution in [2.75, 3.05) is 26.7 Å². The van der Waals surface area contributed by atoms with Crippen LogP contribution in [0.2, 0.25) is 10.0 Å². The number of rotatable bonds is 6. The molecule has 11 heteroatoms. The molecule has 0 unspecified atom stereocenters. The highest BCUT2D eigenvalue weighted by Gasteiger charge is 2.38. The normalized spacial score (nSPS) is 13.2. The van der Waals surface area contributed by atoms with Crippen molar-refractivity contribution in [3.63, 3.8) is 0 Å². The maximum absolute atomic E-state index is 12.4. The first-order valence-corrected chi connectivity index (χ1v) is 9.61. The van der Waals surface area contributed by atoms with Gasteiger partial charge in [-0.05, 0) is 32.9 Å². The second kappa shape index (κ2) is 9.01. The minimum absolute atomic E-state index is 0.0304. The summed E-state index contributed by atoms with van der Waals surface area (Å²) in [7, 11) is 1.38. The van der Waals surface area contributed by atoms with Crippen LogP contribution in [0.4, 0.5) is 0 Å². The predicted octanol–water partition coefficient (Wildman–Crippen LogP) is 1.51. The molecule has 0 bridgehead atoms. The number of hydrogen-bond acceptors (Lipinski definition) is 6. The number of halogens is 2. The minimum atomic E-state index is -0.956. The lowest BCUT2D eigenvalue weighted by Gasteiger charge is -2.23. The summed E-state index contributed by atoms with van der Waals surface area (Å²) in [5.74, 6) is -3.37. The average molecular weight is 458 g/mol. The van der Waals surface area contributed by atoms with E-state index in [1.165, 1.54) is 19.2 Å². The highest BCUT2D eigenvalue weighted by Crippen LogP contribution is 2.31. The molecule has 0 atom stereocenters. The lowest BCUT2D eigenvalue weighted by Crippen LogP contribution is -2.47. The van der Waals surface area contributed by atoms with Gasteiger partial charge in [-0.15, -0.1) is 0 Å². The molecular weight excluding hydrogens is 437 g/mol. The molecule has 0 fully saturated rings. The van der Waals surface area contributed by atoms with Gasteiger partial charge in [0.2, 0.25) is 5.91 Å². The zero-order chi connectivity index (χ0) is 22.8. The number of fused-ring (bicyclic) bond motifs is 1. The van der Waals surface area contributed by atoms with Crippen LogP contribution in [0.15, 0.2) is 12.1 Å². The number of carbonyl (C=O) groups excluding carboxylic acids is 5. The first-order valence-electron chi connectivity index (χ1n) is 8.86. The molecule has 1 aliphatic rings. The van der Waals surface area contributed by atoms with Gasteiger partial charge in [-0.2, -0.15) is 0 Å². The lowest BCUT2D eigenvalue weighted by atomic mass is 10.1. The Balaban J connectivity index is 1.89. The Labute approximate surface area is 183 Å². The maximum atomic E-state index is 12.4. The van der Waals surface area contributed by atoms with Crippen LogP contribution >= 0.6 is 23.2 Å². The molecule has 0 spiro atoms. The van der Waals surface area contributed by atoms with Crippen LogP contribution in [-0.2, 0) is 19.1 Å². The van der Waals surface area contributed by atoms with E-state index in [-0.39, 0.29) is 33.6 Å². The molecule has 0 aliphatic carbocycles. The molecule has 1 aliphatic heterocycles. The Morgan fingerprint density at radius 1 is 1.07 bits per heavy atom. The summed E-state index contributed by atoms with van der Waals surface area (Å²) in [6.07, 6.45) is 0. The summed E-state index contributed by atoms with van der Waals surface area (Å²) < 4.78 is 4.85. The lowest BCUT2D eigenvalue weighted by molar-refractivity contribution is -0.152. The minimum Gasteiger partial charge on any atom is -0.454 e. The SMILES string of the molecule is CN(CC(=O)NC(C)(C)C)C(=O)COC(=O)CN1C(=O)c2cc(Cl)c(Cl)cc2C1=O. The van der Waals surface area contributed by atoms with Gasteiger partial charge < -0.3 is 15.0 Å². The Bertz CT molecular complexity index is 885. The number of nitrogens with one attached hydrogen (secondary N) is 1. The highest BCUT2D eigenvalue weighted by atomic mass is 35.5. The molecule has 0 saturated heterocycles. The van der Waals surface area contributed by atoms with Crippen LogP contribution in [0.1, 0.15) is 41.5 Å². The van der Waals surface area contributed by atoms with E-state index in [9.17, 15) is 24.0 Å². The summed E-state index contributed by atoms with van der Waals surface area (Å²) >= 11 is 11.7. The molecule has 1 heterocycles. The number of amides is 4. The van der Waals surface area contributed by atoms with Gasteiger partial charge in [-0.3, -0.25) is 28.9 Å². The molecule has 2 rings (SSSR count). The summed E-state index contributed by atoms with van der Waals surface area (Å²) in [5.41, 5.74) is -0.389. The van der Waals surface area contributed by atoms with Crippen molar-refractivity contribution in [2.24, 2.45) is 0 Å². The number of ether oxygens (including phenoxy) is 1. The van der Waals surface area contributed by atoms with Gasteiger partial charge in [0.25, 0.3) is 17.7 Å². The molecule has 0 aromatic heterocycles. The fraction of sp³-hybridized carbons (Fsp3) is 0.421. The van der Waals surface area contributed by atoms with Crippen molar-refractivity contribution >= 4 is 52.8 Å². The Morgan fingerprint density at radius 2 is 1.57 bits per heavy atom. The number of carbonyl (C=O) groups is 5. The number of esters is 1. The van der Waals surface area contributed by atoms with Crippen molar-refractivity contribution in [3.8, 4) is 0 Å². The van der Waals surface area contributed by atoms with Crippen molar-refractivity contribution < 1.29 is 28.7 Å². The van der Waals surface area contributed by atoms with Crippen LogP contribution in [-0.4, -0.2) is 71.7 Å². The van der Waals surface area contributed by atoms with E-state index in [2.05, 4.69) is 5.32 Å². The molecule has 0 saturated carbocycles. The third-order valence-corrected chi connectivity index (χ3v) is 4.70. The quantitative estimate of drug-likeness (QED) is 0.511. The van der Waals surface area contributed by atoms with Gasteiger partial charge in [-0.25, -0.2) is 0 Å². The third kappa shape index (κ3) is 5.70. The number of hydrogen-bond donors (Lipinski definition) is 1.